The van der Waals surface area contributed by atoms with Crippen molar-refractivity contribution in [2.45, 2.75) is 46.5 Å². The van der Waals surface area contributed by atoms with Gasteiger partial charge in [-0.15, -0.1) is 0 Å². The third-order valence-corrected chi connectivity index (χ3v) is 1.59. The maximum absolute atomic E-state index is 10.1. The highest BCUT2D eigenvalue weighted by Crippen LogP contribution is 1.95. The predicted molar refractivity (Wildman–Crippen MR) is 54.2 cm³/mol. The van der Waals surface area contributed by atoms with E-state index in [1.807, 2.05) is 0 Å². The smallest absolute Gasteiger partial charge is 0.218 e. The summed E-state index contributed by atoms with van der Waals surface area (Å²) in [4.78, 5) is 11.6. The quantitative estimate of drug-likeness (QED) is 0.601. The average molecular weight is 173 g/mol. The lowest BCUT2D eigenvalue weighted by Crippen LogP contribution is -2.17. The van der Waals surface area contributed by atoms with Crippen LogP contribution >= 0.6 is 0 Å². The van der Waals surface area contributed by atoms with Crippen LogP contribution in [-0.4, -0.2) is 24.9 Å². The maximum Gasteiger partial charge on any atom is 0.218 e. The van der Waals surface area contributed by atoms with Gasteiger partial charge in [0.2, 0.25) is 5.91 Å². The van der Waals surface area contributed by atoms with Crippen molar-refractivity contribution in [3.63, 3.8) is 0 Å². The van der Waals surface area contributed by atoms with Crippen molar-refractivity contribution >= 4 is 5.91 Å². The van der Waals surface area contributed by atoms with Crippen LogP contribution < -0.4 is 0 Å². The molecular weight excluding hydrogens is 150 g/mol. The number of unbranched alkanes of at least 4 members (excludes halogenated alkanes) is 3. The second-order valence-electron chi connectivity index (χ2n) is 3.12. The highest BCUT2D eigenvalue weighted by Gasteiger charge is 1.87. The summed E-state index contributed by atoms with van der Waals surface area (Å²) in [6.45, 7) is 5.99. The van der Waals surface area contributed by atoms with E-state index >= 15 is 0 Å². The van der Waals surface area contributed by atoms with Gasteiger partial charge in [-0.1, -0.05) is 39.5 Å². The Balaban J connectivity index is 0. The Kier molecular flexibility index (Phi) is 12.2. The fourth-order valence-corrected chi connectivity index (χ4v) is 0.500. The first-order valence-corrected chi connectivity index (χ1v) is 4.74. The van der Waals surface area contributed by atoms with Crippen molar-refractivity contribution in [3.05, 3.63) is 0 Å². The van der Waals surface area contributed by atoms with Gasteiger partial charge in [-0.05, 0) is 0 Å². The Labute approximate surface area is 77.0 Å². The summed E-state index contributed by atoms with van der Waals surface area (Å²) in [6.07, 6.45) is 5.54. The summed E-state index contributed by atoms with van der Waals surface area (Å²) >= 11 is 0. The summed E-state index contributed by atoms with van der Waals surface area (Å²) in [5.41, 5.74) is 0. The van der Waals surface area contributed by atoms with Crippen molar-refractivity contribution in [3.8, 4) is 0 Å². The Hall–Kier alpha value is -0.530. The van der Waals surface area contributed by atoms with E-state index in [1.54, 1.807) is 14.1 Å². The molecule has 0 N–H and O–H groups in total. The van der Waals surface area contributed by atoms with Gasteiger partial charge in [0, 0.05) is 21.0 Å². The lowest BCUT2D eigenvalue weighted by atomic mass is 10.2. The minimum Gasteiger partial charge on any atom is -0.349 e. The summed E-state index contributed by atoms with van der Waals surface area (Å²) in [6, 6.07) is 0. The highest BCUT2D eigenvalue weighted by atomic mass is 16.2. The molecule has 0 spiro atoms. The van der Waals surface area contributed by atoms with Gasteiger partial charge in [0.1, 0.15) is 0 Å². The number of hydrogen-bond acceptors (Lipinski definition) is 1. The summed E-state index contributed by atoms with van der Waals surface area (Å²) in [5.74, 6) is 0.0926. The molecule has 0 heterocycles. The van der Waals surface area contributed by atoms with Crippen LogP contribution in [0.15, 0.2) is 0 Å². The number of amides is 1. The topological polar surface area (TPSA) is 20.3 Å². The van der Waals surface area contributed by atoms with Crippen LogP contribution in [0.3, 0.4) is 0 Å². The average Bonchev–Trinajstić information content (AvgIpc) is 2.02. The first kappa shape index (κ1) is 14.0. The van der Waals surface area contributed by atoms with Crippen molar-refractivity contribution < 1.29 is 4.79 Å². The van der Waals surface area contributed by atoms with E-state index < -0.39 is 0 Å². The molecule has 2 heteroatoms. The van der Waals surface area contributed by atoms with Crippen LogP contribution in [0.5, 0.6) is 0 Å². The molecule has 2 nitrogen and oxygen atoms in total. The highest BCUT2D eigenvalue weighted by molar-refractivity contribution is 5.72. The van der Waals surface area contributed by atoms with Gasteiger partial charge < -0.3 is 4.90 Å². The van der Waals surface area contributed by atoms with Crippen LogP contribution in [0.4, 0.5) is 0 Å². The zero-order chi connectivity index (χ0) is 9.98. The number of rotatable bonds is 3. The van der Waals surface area contributed by atoms with E-state index in [0.717, 1.165) is 0 Å². The summed E-state index contributed by atoms with van der Waals surface area (Å²) < 4.78 is 0. The van der Waals surface area contributed by atoms with E-state index in [0.29, 0.717) is 0 Å². The van der Waals surface area contributed by atoms with Gasteiger partial charge in [0.25, 0.3) is 0 Å². The minimum atomic E-state index is 0.0926. The fourth-order valence-electron chi connectivity index (χ4n) is 0.500. The number of hydrogen-bond donors (Lipinski definition) is 0. The third-order valence-electron chi connectivity index (χ3n) is 1.59. The van der Waals surface area contributed by atoms with E-state index in [9.17, 15) is 4.79 Å². The molecule has 0 aromatic heterocycles. The molecule has 0 unspecified atom stereocenters. The molecule has 0 bridgehead atoms. The number of carbonyl (C=O) groups excluding carboxylic acids is 1. The minimum absolute atomic E-state index is 0.0926. The van der Waals surface area contributed by atoms with E-state index in [4.69, 9.17) is 0 Å². The van der Waals surface area contributed by atoms with Crippen molar-refractivity contribution in [1.29, 1.82) is 0 Å². The van der Waals surface area contributed by atoms with Gasteiger partial charge >= 0.3 is 0 Å². The maximum atomic E-state index is 10.1. The predicted octanol–water partition coefficient (Wildman–Crippen LogP) is 2.68. The van der Waals surface area contributed by atoms with Gasteiger partial charge in [0.05, 0.1) is 0 Å². The molecule has 0 aliphatic rings. The second kappa shape index (κ2) is 10.5. The van der Waals surface area contributed by atoms with E-state index in [-0.39, 0.29) is 5.91 Å². The van der Waals surface area contributed by atoms with Crippen LogP contribution in [0.2, 0.25) is 0 Å². The van der Waals surface area contributed by atoms with E-state index in [2.05, 4.69) is 13.8 Å². The van der Waals surface area contributed by atoms with Crippen LogP contribution in [0, 0.1) is 0 Å². The normalized spacial score (nSPS) is 8.42. The van der Waals surface area contributed by atoms with E-state index in [1.165, 1.54) is 37.5 Å². The van der Waals surface area contributed by atoms with Gasteiger partial charge in [0.15, 0.2) is 0 Å². The lowest BCUT2D eigenvalue weighted by molar-refractivity contribution is -0.126. The second-order valence-corrected chi connectivity index (χ2v) is 3.12. The number of nitrogens with zero attached hydrogens (tertiary/aromatic N) is 1. The number of carbonyl (C=O) groups is 1. The molecule has 1 amide bonds. The molecule has 0 aliphatic heterocycles. The fraction of sp³-hybridized carbons (Fsp3) is 0.900. The largest absolute Gasteiger partial charge is 0.349 e. The van der Waals surface area contributed by atoms with Crippen molar-refractivity contribution in [2.24, 2.45) is 0 Å². The summed E-state index contributed by atoms with van der Waals surface area (Å²) in [5, 5.41) is 0. The Bertz CT molecular complexity index is 96.0. The molecule has 0 atom stereocenters. The molecule has 0 aliphatic carbocycles. The zero-order valence-electron chi connectivity index (χ0n) is 9.18. The molecule has 0 aromatic carbocycles. The Morgan fingerprint density at radius 1 is 1.08 bits per heavy atom. The first-order valence-electron chi connectivity index (χ1n) is 4.74. The molecular formula is C10H23NO. The van der Waals surface area contributed by atoms with Crippen molar-refractivity contribution in [1.82, 2.24) is 4.90 Å². The monoisotopic (exact) mass is 173 g/mol. The molecule has 0 aromatic rings. The zero-order valence-corrected chi connectivity index (χ0v) is 9.18. The molecule has 74 valence electrons. The van der Waals surface area contributed by atoms with Crippen LogP contribution in [0.1, 0.15) is 46.5 Å². The van der Waals surface area contributed by atoms with Gasteiger partial charge in [-0.2, -0.15) is 0 Å². The molecule has 0 saturated heterocycles. The Morgan fingerprint density at radius 2 is 1.33 bits per heavy atom. The third kappa shape index (κ3) is 16.2. The van der Waals surface area contributed by atoms with Crippen LogP contribution in [0.25, 0.3) is 0 Å². The molecule has 0 radical (unpaired) electrons. The Morgan fingerprint density at radius 3 is 1.42 bits per heavy atom. The van der Waals surface area contributed by atoms with Gasteiger partial charge in [-0.3, -0.25) is 4.79 Å². The van der Waals surface area contributed by atoms with Crippen LogP contribution in [-0.2, 0) is 4.79 Å². The van der Waals surface area contributed by atoms with Crippen molar-refractivity contribution in [2.75, 3.05) is 14.1 Å². The lowest BCUT2D eigenvalue weighted by Gasteiger charge is -2.02. The van der Waals surface area contributed by atoms with Gasteiger partial charge in [-0.25, -0.2) is 0 Å². The summed E-state index contributed by atoms with van der Waals surface area (Å²) in [7, 11) is 3.45. The molecule has 12 heavy (non-hydrogen) atoms. The first-order chi connectivity index (χ1) is 5.56. The SMILES string of the molecule is CC(=O)N(C)C.CCCCCC. The molecule has 0 rings (SSSR count). The standard InChI is InChI=1S/C6H14.C4H9NO/c1-3-5-6-4-2;1-4(6)5(2)3/h3-6H2,1-2H3;1-3H3. The molecule has 0 saturated carbocycles. The molecule has 0 fully saturated rings.